The Labute approximate surface area is 108 Å². The number of hydrogen-bond donors (Lipinski definition) is 1. The zero-order valence-electron chi connectivity index (χ0n) is 10.5. The first-order valence-electron chi connectivity index (χ1n) is 6.35. The SMILES string of the molecule is C(=C\c1ccccc1)/CNCCCn1cccn1. The lowest BCUT2D eigenvalue weighted by atomic mass is 10.2. The lowest BCUT2D eigenvalue weighted by Crippen LogP contribution is -2.16. The summed E-state index contributed by atoms with van der Waals surface area (Å²) in [5.41, 5.74) is 1.25. The third-order valence-electron chi connectivity index (χ3n) is 2.67. The quantitative estimate of drug-likeness (QED) is 0.755. The standard InChI is InChI=1S/C15H19N3/c1-2-7-15(8-3-1)9-4-10-16-11-5-13-18-14-6-12-17-18/h1-4,6-9,12,14,16H,5,10-11,13H2/b9-4+. The molecule has 0 amide bonds. The molecule has 1 aromatic carbocycles. The molecule has 18 heavy (non-hydrogen) atoms. The van der Waals surface area contributed by atoms with Crippen LogP contribution in [0.1, 0.15) is 12.0 Å². The van der Waals surface area contributed by atoms with Gasteiger partial charge in [0.1, 0.15) is 0 Å². The molecular formula is C15H19N3. The molecule has 0 radical (unpaired) electrons. The number of rotatable bonds is 7. The van der Waals surface area contributed by atoms with Gasteiger partial charge in [-0.15, -0.1) is 0 Å². The van der Waals surface area contributed by atoms with Crippen molar-refractivity contribution in [1.29, 1.82) is 0 Å². The summed E-state index contributed by atoms with van der Waals surface area (Å²) in [5.74, 6) is 0. The van der Waals surface area contributed by atoms with Gasteiger partial charge in [0.2, 0.25) is 0 Å². The highest BCUT2D eigenvalue weighted by Gasteiger charge is 1.89. The van der Waals surface area contributed by atoms with Crippen molar-refractivity contribution < 1.29 is 0 Å². The van der Waals surface area contributed by atoms with Gasteiger partial charge in [0, 0.05) is 25.5 Å². The molecular weight excluding hydrogens is 222 g/mol. The summed E-state index contributed by atoms with van der Waals surface area (Å²) in [5, 5.41) is 7.55. The van der Waals surface area contributed by atoms with Gasteiger partial charge in [-0.05, 0) is 24.6 Å². The van der Waals surface area contributed by atoms with Crippen LogP contribution in [0, 0.1) is 0 Å². The van der Waals surface area contributed by atoms with Crippen LogP contribution in [-0.4, -0.2) is 22.9 Å². The van der Waals surface area contributed by atoms with Crippen LogP contribution in [0.2, 0.25) is 0 Å². The first-order valence-corrected chi connectivity index (χ1v) is 6.35. The van der Waals surface area contributed by atoms with Crippen LogP contribution in [-0.2, 0) is 6.54 Å². The molecule has 1 aromatic heterocycles. The Balaban J connectivity index is 1.55. The number of nitrogens with zero attached hydrogens (tertiary/aromatic N) is 2. The zero-order valence-corrected chi connectivity index (χ0v) is 10.5. The highest BCUT2D eigenvalue weighted by atomic mass is 15.3. The monoisotopic (exact) mass is 241 g/mol. The second-order valence-electron chi connectivity index (χ2n) is 4.14. The lowest BCUT2D eigenvalue weighted by Gasteiger charge is -2.02. The van der Waals surface area contributed by atoms with Crippen LogP contribution in [0.25, 0.3) is 6.08 Å². The maximum atomic E-state index is 4.16. The second-order valence-corrected chi connectivity index (χ2v) is 4.14. The Kier molecular flexibility index (Phi) is 5.21. The molecule has 0 saturated heterocycles. The van der Waals surface area contributed by atoms with Crippen LogP contribution in [0.4, 0.5) is 0 Å². The molecule has 3 nitrogen and oxygen atoms in total. The summed E-state index contributed by atoms with van der Waals surface area (Å²) >= 11 is 0. The summed E-state index contributed by atoms with van der Waals surface area (Å²) < 4.78 is 1.96. The van der Waals surface area contributed by atoms with Gasteiger partial charge in [0.15, 0.2) is 0 Å². The van der Waals surface area contributed by atoms with Gasteiger partial charge in [-0.2, -0.15) is 5.10 Å². The minimum atomic E-state index is 0.911. The number of nitrogens with one attached hydrogen (secondary N) is 1. The van der Waals surface area contributed by atoms with Crippen LogP contribution in [0.3, 0.4) is 0 Å². The molecule has 0 aliphatic heterocycles. The molecule has 0 aliphatic rings. The normalized spacial score (nSPS) is 11.1. The largest absolute Gasteiger partial charge is 0.313 e. The van der Waals surface area contributed by atoms with E-state index in [9.17, 15) is 0 Å². The van der Waals surface area contributed by atoms with E-state index in [0.717, 1.165) is 26.1 Å². The van der Waals surface area contributed by atoms with Crippen molar-refractivity contribution in [2.45, 2.75) is 13.0 Å². The molecule has 0 bridgehead atoms. The number of aromatic nitrogens is 2. The molecule has 0 aliphatic carbocycles. The average molecular weight is 241 g/mol. The van der Waals surface area contributed by atoms with E-state index in [2.05, 4.69) is 46.8 Å². The first kappa shape index (κ1) is 12.6. The molecule has 1 N–H and O–H groups in total. The van der Waals surface area contributed by atoms with Crippen LogP contribution in [0.15, 0.2) is 54.9 Å². The number of benzene rings is 1. The fourth-order valence-corrected chi connectivity index (χ4v) is 1.74. The van der Waals surface area contributed by atoms with Crippen LogP contribution >= 0.6 is 0 Å². The fraction of sp³-hybridized carbons (Fsp3) is 0.267. The Morgan fingerprint density at radius 1 is 1.17 bits per heavy atom. The zero-order chi connectivity index (χ0) is 12.5. The highest BCUT2D eigenvalue weighted by molar-refractivity contribution is 5.48. The van der Waals surface area contributed by atoms with Gasteiger partial charge in [-0.1, -0.05) is 42.5 Å². The minimum Gasteiger partial charge on any atom is -0.313 e. The summed E-state index contributed by atoms with van der Waals surface area (Å²) in [6, 6.07) is 12.3. The fourth-order valence-electron chi connectivity index (χ4n) is 1.74. The van der Waals surface area contributed by atoms with Crippen molar-refractivity contribution in [3.63, 3.8) is 0 Å². The molecule has 2 aromatic rings. The van der Waals surface area contributed by atoms with E-state index in [1.807, 2.05) is 29.2 Å². The van der Waals surface area contributed by atoms with Crippen molar-refractivity contribution in [3.05, 3.63) is 60.4 Å². The summed E-state index contributed by atoms with van der Waals surface area (Å²) in [6.07, 6.45) is 9.20. The van der Waals surface area contributed by atoms with Gasteiger partial charge in [0.25, 0.3) is 0 Å². The maximum absolute atomic E-state index is 4.16. The van der Waals surface area contributed by atoms with Crippen molar-refractivity contribution in [3.8, 4) is 0 Å². The van der Waals surface area contributed by atoms with Gasteiger partial charge in [-0.25, -0.2) is 0 Å². The Morgan fingerprint density at radius 2 is 2.06 bits per heavy atom. The van der Waals surface area contributed by atoms with E-state index >= 15 is 0 Å². The Morgan fingerprint density at radius 3 is 2.83 bits per heavy atom. The van der Waals surface area contributed by atoms with E-state index in [-0.39, 0.29) is 0 Å². The van der Waals surface area contributed by atoms with Crippen LogP contribution < -0.4 is 5.32 Å². The average Bonchev–Trinajstić information content (AvgIpc) is 2.92. The van der Waals surface area contributed by atoms with E-state index in [1.165, 1.54) is 5.56 Å². The van der Waals surface area contributed by atoms with E-state index in [1.54, 1.807) is 0 Å². The molecule has 0 unspecified atom stereocenters. The highest BCUT2D eigenvalue weighted by Crippen LogP contribution is 1.99. The van der Waals surface area contributed by atoms with Gasteiger partial charge in [0.05, 0.1) is 0 Å². The molecule has 0 atom stereocenters. The van der Waals surface area contributed by atoms with Gasteiger partial charge >= 0.3 is 0 Å². The molecule has 0 fully saturated rings. The summed E-state index contributed by atoms with van der Waals surface area (Å²) in [6.45, 7) is 2.90. The second kappa shape index (κ2) is 7.45. The van der Waals surface area contributed by atoms with Crippen molar-refractivity contribution in [1.82, 2.24) is 15.1 Å². The maximum Gasteiger partial charge on any atom is 0.0489 e. The predicted molar refractivity (Wildman–Crippen MR) is 75.2 cm³/mol. The topological polar surface area (TPSA) is 29.9 Å². The van der Waals surface area contributed by atoms with Gasteiger partial charge < -0.3 is 5.32 Å². The lowest BCUT2D eigenvalue weighted by molar-refractivity contribution is 0.555. The predicted octanol–water partition coefficient (Wildman–Crippen LogP) is 2.58. The Bertz CT molecular complexity index is 446. The van der Waals surface area contributed by atoms with Crippen LogP contribution in [0.5, 0.6) is 0 Å². The molecule has 1 heterocycles. The summed E-state index contributed by atoms with van der Waals surface area (Å²) in [4.78, 5) is 0. The van der Waals surface area contributed by atoms with E-state index < -0.39 is 0 Å². The third kappa shape index (κ3) is 4.55. The van der Waals surface area contributed by atoms with Gasteiger partial charge in [-0.3, -0.25) is 4.68 Å². The van der Waals surface area contributed by atoms with Crippen molar-refractivity contribution >= 4 is 6.08 Å². The first-order chi connectivity index (χ1) is 8.95. The smallest absolute Gasteiger partial charge is 0.0489 e. The summed E-state index contributed by atoms with van der Waals surface area (Å²) in [7, 11) is 0. The molecule has 0 saturated carbocycles. The van der Waals surface area contributed by atoms with E-state index in [0.29, 0.717) is 0 Å². The third-order valence-corrected chi connectivity index (χ3v) is 2.67. The molecule has 0 spiro atoms. The number of hydrogen-bond acceptors (Lipinski definition) is 2. The minimum absolute atomic E-state index is 0.911. The number of aryl methyl sites for hydroxylation is 1. The van der Waals surface area contributed by atoms with Crippen molar-refractivity contribution in [2.24, 2.45) is 0 Å². The van der Waals surface area contributed by atoms with E-state index in [4.69, 9.17) is 0 Å². The molecule has 94 valence electrons. The molecule has 2 rings (SSSR count). The molecule has 3 heteroatoms. The van der Waals surface area contributed by atoms with Crippen molar-refractivity contribution in [2.75, 3.05) is 13.1 Å². The Hall–Kier alpha value is -1.87.